The zero-order chi connectivity index (χ0) is 22.7. The van der Waals surface area contributed by atoms with Gasteiger partial charge in [-0.2, -0.15) is 0 Å². The van der Waals surface area contributed by atoms with E-state index in [9.17, 15) is 24.3 Å². The fourth-order valence-corrected chi connectivity index (χ4v) is 5.48. The molecule has 3 heterocycles. The fourth-order valence-electron chi connectivity index (χ4n) is 3.14. The number of aliphatic carboxylic acids is 2. The highest BCUT2D eigenvalue weighted by Crippen LogP contribution is 2.41. The number of nitrogens with one attached hydrogen (secondary N) is 1. The van der Waals surface area contributed by atoms with Gasteiger partial charge in [0.2, 0.25) is 11.1 Å². The Morgan fingerprint density at radius 1 is 1.39 bits per heavy atom. The molecule has 168 valence electrons. The quantitative estimate of drug-likeness (QED) is 0.231. The standard InChI is InChI=1S/C16H21N7O6S2/c1-22-16(19-20-21-22)31-6-7-5-30-13-10(12(25)23(13)11(7)15(28)29)18-9(24)4-2-3-8(17)14(26)27/h8,10,13H,2-6,17H2,1H3,(H,18,24)(H,26,27)(H,28,29)/t8-,10-,13-/m1/s1. The van der Waals surface area contributed by atoms with Crippen molar-refractivity contribution in [3.63, 3.8) is 0 Å². The molecule has 15 heteroatoms. The first kappa shape index (κ1) is 23.0. The van der Waals surface area contributed by atoms with Crippen LogP contribution in [0.5, 0.6) is 0 Å². The number of carboxylic acid groups (broad SMARTS) is 2. The third-order valence-corrected chi connectivity index (χ3v) is 7.20. The van der Waals surface area contributed by atoms with Crippen molar-refractivity contribution in [2.75, 3.05) is 11.5 Å². The van der Waals surface area contributed by atoms with Crippen molar-refractivity contribution in [2.45, 2.75) is 41.9 Å². The van der Waals surface area contributed by atoms with E-state index in [4.69, 9.17) is 10.8 Å². The normalized spacial score (nSPS) is 21.4. The van der Waals surface area contributed by atoms with Gasteiger partial charge in [-0.15, -0.1) is 16.9 Å². The molecule has 1 saturated heterocycles. The summed E-state index contributed by atoms with van der Waals surface area (Å²) in [5.41, 5.74) is 5.90. The van der Waals surface area contributed by atoms with Crippen LogP contribution in [-0.2, 0) is 26.2 Å². The number of nitrogens with two attached hydrogens (primary N) is 1. The number of carboxylic acids is 2. The Balaban J connectivity index is 1.59. The number of nitrogens with zero attached hydrogens (tertiary/aromatic N) is 5. The van der Waals surface area contributed by atoms with Gasteiger partial charge in [-0.3, -0.25) is 19.3 Å². The highest BCUT2D eigenvalue weighted by atomic mass is 32.2. The smallest absolute Gasteiger partial charge is 0.352 e. The molecule has 1 fully saturated rings. The molecule has 0 saturated carbocycles. The number of amides is 2. The van der Waals surface area contributed by atoms with Crippen LogP contribution in [0, 0.1) is 0 Å². The molecule has 1 aromatic rings. The predicted molar refractivity (Wildman–Crippen MR) is 109 cm³/mol. The number of hydrogen-bond donors (Lipinski definition) is 4. The topological polar surface area (TPSA) is 194 Å². The number of thioether (sulfide) groups is 2. The maximum Gasteiger partial charge on any atom is 0.352 e. The summed E-state index contributed by atoms with van der Waals surface area (Å²) in [6.45, 7) is 0. The molecule has 3 rings (SSSR count). The van der Waals surface area contributed by atoms with Gasteiger partial charge in [-0.25, -0.2) is 9.48 Å². The van der Waals surface area contributed by atoms with Gasteiger partial charge in [0.15, 0.2) is 0 Å². The molecule has 0 radical (unpaired) electrons. The SMILES string of the molecule is Cn1nnnc1SCC1=C(C(=O)O)N2C(=O)[C@@H](NC(=O)CCC[C@@H](N)C(=O)O)[C@H]2SC1. The molecule has 0 bridgehead atoms. The molecule has 2 amide bonds. The van der Waals surface area contributed by atoms with E-state index in [1.807, 2.05) is 0 Å². The lowest BCUT2D eigenvalue weighted by Gasteiger charge is -2.49. The summed E-state index contributed by atoms with van der Waals surface area (Å²) in [6, 6.07) is -1.86. The van der Waals surface area contributed by atoms with E-state index >= 15 is 0 Å². The molecular weight excluding hydrogens is 450 g/mol. The lowest BCUT2D eigenvalue weighted by Crippen LogP contribution is -2.70. The second-order valence-electron chi connectivity index (χ2n) is 6.92. The first-order valence-corrected chi connectivity index (χ1v) is 11.3. The summed E-state index contributed by atoms with van der Waals surface area (Å²) in [4.78, 5) is 48.5. The Labute approximate surface area is 184 Å². The molecule has 0 aliphatic carbocycles. The summed E-state index contributed by atoms with van der Waals surface area (Å²) in [5.74, 6) is -2.56. The van der Waals surface area contributed by atoms with Crippen molar-refractivity contribution in [3.8, 4) is 0 Å². The Morgan fingerprint density at radius 3 is 2.74 bits per heavy atom. The number of tetrazole rings is 1. The highest BCUT2D eigenvalue weighted by molar-refractivity contribution is 8.01. The van der Waals surface area contributed by atoms with Crippen LogP contribution in [0.3, 0.4) is 0 Å². The van der Waals surface area contributed by atoms with Gasteiger partial charge in [0.1, 0.15) is 23.2 Å². The average molecular weight is 472 g/mol. The molecule has 5 N–H and O–H groups in total. The minimum atomic E-state index is -1.21. The molecule has 13 nitrogen and oxygen atoms in total. The summed E-state index contributed by atoms with van der Waals surface area (Å²) in [6.07, 6.45) is 0.428. The zero-order valence-corrected chi connectivity index (χ0v) is 18.1. The van der Waals surface area contributed by atoms with Crippen LogP contribution in [0.2, 0.25) is 0 Å². The zero-order valence-electron chi connectivity index (χ0n) is 16.4. The van der Waals surface area contributed by atoms with Gasteiger partial charge in [-0.1, -0.05) is 11.8 Å². The van der Waals surface area contributed by atoms with Crippen molar-refractivity contribution in [3.05, 3.63) is 11.3 Å². The van der Waals surface area contributed by atoms with Crippen LogP contribution < -0.4 is 11.1 Å². The van der Waals surface area contributed by atoms with Gasteiger partial charge in [0.25, 0.3) is 5.91 Å². The molecule has 2 aliphatic heterocycles. The maximum atomic E-state index is 12.6. The monoisotopic (exact) mass is 471 g/mol. The number of aromatic nitrogens is 4. The molecule has 31 heavy (non-hydrogen) atoms. The van der Waals surface area contributed by atoms with Crippen LogP contribution in [0.1, 0.15) is 19.3 Å². The van der Waals surface area contributed by atoms with Crippen molar-refractivity contribution < 1.29 is 29.4 Å². The number of carbonyl (C=O) groups is 4. The molecule has 0 aromatic carbocycles. The van der Waals surface area contributed by atoms with Crippen molar-refractivity contribution in [1.82, 2.24) is 30.4 Å². The van der Waals surface area contributed by atoms with Crippen LogP contribution in [0.4, 0.5) is 0 Å². The molecular formula is C16H21N7O6S2. The summed E-state index contributed by atoms with van der Waals surface area (Å²) in [5, 5.41) is 32.2. The van der Waals surface area contributed by atoms with Gasteiger partial charge in [0, 0.05) is 25.0 Å². The first-order chi connectivity index (χ1) is 14.7. The fraction of sp³-hybridized carbons (Fsp3) is 0.562. The third-order valence-electron chi connectivity index (χ3n) is 4.76. The lowest BCUT2D eigenvalue weighted by atomic mass is 10.0. The number of aryl methyl sites for hydroxylation is 1. The number of β-lactam (4-membered cyclic amide) rings is 1. The molecule has 0 spiro atoms. The van der Waals surface area contributed by atoms with Crippen LogP contribution >= 0.6 is 23.5 Å². The van der Waals surface area contributed by atoms with Crippen LogP contribution in [-0.4, -0.2) is 88.0 Å². The second-order valence-corrected chi connectivity index (χ2v) is 8.97. The summed E-state index contributed by atoms with van der Waals surface area (Å²) >= 11 is 2.64. The maximum absolute atomic E-state index is 12.6. The van der Waals surface area contributed by atoms with E-state index in [1.54, 1.807) is 7.05 Å². The largest absolute Gasteiger partial charge is 0.480 e. The second kappa shape index (κ2) is 9.65. The Kier molecular flexibility index (Phi) is 7.17. The third kappa shape index (κ3) is 4.99. The van der Waals surface area contributed by atoms with E-state index in [-0.39, 0.29) is 25.0 Å². The highest BCUT2D eigenvalue weighted by Gasteiger charge is 2.54. The van der Waals surface area contributed by atoms with Crippen LogP contribution in [0.25, 0.3) is 0 Å². The van der Waals surface area contributed by atoms with Gasteiger partial charge < -0.3 is 21.3 Å². The van der Waals surface area contributed by atoms with E-state index in [0.29, 0.717) is 22.2 Å². The summed E-state index contributed by atoms with van der Waals surface area (Å²) < 4.78 is 1.47. The van der Waals surface area contributed by atoms with Gasteiger partial charge in [0.05, 0.1) is 0 Å². The van der Waals surface area contributed by atoms with Crippen molar-refractivity contribution in [1.29, 1.82) is 0 Å². The lowest BCUT2D eigenvalue weighted by molar-refractivity contribution is -0.150. The first-order valence-electron chi connectivity index (χ1n) is 9.23. The van der Waals surface area contributed by atoms with Gasteiger partial charge in [-0.05, 0) is 28.8 Å². The van der Waals surface area contributed by atoms with E-state index in [0.717, 1.165) is 0 Å². The number of hydrogen-bond acceptors (Lipinski definition) is 10. The predicted octanol–water partition coefficient (Wildman–Crippen LogP) is -1.38. The van der Waals surface area contributed by atoms with Gasteiger partial charge >= 0.3 is 11.9 Å². The minimum absolute atomic E-state index is 0.0252. The summed E-state index contributed by atoms with van der Waals surface area (Å²) in [7, 11) is 1.67. The van der Waals surface area contributed by atoms with Crippen molar-refractivity contribution >= 4 is 47.3 Å². The number of rotatable bonds is 10. The van der Waals surface area contributed by atoms with Crippen molar-refractivity contribution in [2.24, 2.45) is 12.8 Å². The Morgan fingerprint density at radius 2 is 2.13 bits per heavy atom. The molecule has 0 unspecified atom stereocenters. The molecule has 1 aromatic heterocycles. The Hall–Kier alpha value is -2.65. The van der Waals surface area contributed by atoms with Crippen LogP contribution in [0.15, 0.2) is 16.4 Å². The van der Waals surface area contributed by atoms with E-state index in [1.165, 1.54) is 33.1 Å². The Bertz CT molecular complexity index is 935. The minimum Gasteiger partial charge on any atom is -0.480 e. The average Bonchev–Trinajstić information content (AvgIpc) is 3.13. The molecule has 2 aliphatic rings. The molecule has 3 atom stereocenters. The number of fused-ring (bicyclic) bond motifs is 1. The van der Waals surface area contributed by atoms with E-state index < -0.39 is 41.2 Å². The number of carbonyl (C=O) groups excluding carboxylic acids is 2. The van der Waals surface area contributed by atoms with E-state index in [2.05, 4.69) is 20.8 Å².